The maximum absolute atomic E-state index is 12.8. The van der Waals surface area contributed by atoms with Crippen LogP contribution in [0.4, 0.5) is 0 Å². The SMILES string of the molecule is COCC(C)(C)C(=O)C(Br)(OC(C)=O)Oc1ccc(Cl)cc1Cl. The van der Waals surface area contributed by atoms with E-state index in [2.05, 4.69) is 15.9 Å². The molecule has 1 atom stereocenters. The summed E-state index contributed by atoms with van der Waals surface area (Å²) in [5.74, 6) is -1.10. The van der Waals surface area contributed by atoms with Crippen molar-refractivity contribution in [3.63, 3.8) is 0 Å². The Kier molecular flexibility index (Phi) is 6.89. The van der Waals surface area contributed by atoms with E-state index in [9.17, 15) is 9.59 Å². The Morgan fingerprint density at radius 1 is 1.26 bits per heavy atom. The molecule has 0 N–H and O–H groups in total. The highest BCUT2D eigenvalue weighted by atomic mass is 79.9. The van der Waals surface area contributed by atoms with Gasteiger partial charge in [-0.3, -0.25) is 9.59 Å². The van der Waals surface area contributed by atoms with Crippen LogP contribution >= 0.6 is 39.1 Å². The van der Waals surface area contributed by atoms with Gasteiger partial charge in [-0.2, -0.15) is 0 Å². The number of halogens is 3. The van der Waals surface area contributed by atoms with Crippen LogP contribution in [0.3, 0.4) is 0 Å². The van der Waals surface area contributed by atoms with E-state index in [0.717, 1.165) is 0 Å². The predicted octanol–water partition coefficient (Wildman–Crippen LogP) is 4.23. The number of ether oxygens (including phenoxy) is 3. The zero-order valence-electron chi connectivity index (χ0n) is 13.1. The number of methoxy groups -OCH3 is 1. The highest BCUT2D eigenvalue weighted by Crippen LogP contribution is 2.37. The minimum Gasteiger partial charge on any atom is -0.436 e. The molecule has 0 radical (unpaired) electrons. The molecular weight excluding hydrogens is 411 g/mol. The van der Waals surface area contributed by atoms with Gasteiger partial charge in [-0.05, 0) is 18.2 Å². The van der Waals surface area contributed by atoms with Gasteiger partial charge in [0.05, 0.1) is 17.0 Å². The van der Waals surface area contributed by atoms with E-state index in [1.807, 2.05) is 0 Å². The minimum atomic E-state index is -2.03. The van der Waals surface area contributed by atoms with Crippen molar-refractivity contribution in [2.45, 2.75) is 25.5 Å². The molecule has 0 aliphatic heterocycles. The van der Waals surface area contributed by atoms with Crippen LogP contribution in [0.15, 0.2) is 18.2 Å². The molecule has 1 unspecified atom stereocenters. The van der Waals surface area contributed by atoms with Gasteiger partial charge in [-0.25, -0.2) is 0 Å². The van der Waals surface area contributed by atoms with Crippen LogP contribution in [0.25, 0.3) is 0 Å². The molecular formula is C15H17BrCl2O5. The van der Waals surface area contributed by atoms with E-state index in [0.29, 0.717) is 5.02 Å². The molecule has 1 rings (SSSR count). The minimum absolute atomic E-state index is 0.109. The topological polar surface area (TPSA) is 61.8 Å². The van der Waals surface area contributed by atoms with E-state index in [1.165, 1.54) is 32.2 Å². The molecule has 0 aliphatic carbocycles. The quantitative estimate of drug-likeness (QED) is 0.370. The van der Waals surface area contributed by atoms with Crippen LogP contribution in [0.2, 0.25) is 10.0 Å². The van der Waals surface area contributed by atoms with E-state index < -0.39 is 21.9 Å². The second-order valence-corrected chi connectivity index (χ2v) is 7.34. The first kappa shape index (κ1) is 20.2. The number of hydrogen-bond donors (Lipinski definition) is 0. The molecule has 1 aromatic carbocycles. The number of alkyl halides is 1. The van der Waals surface area contributed by atoms with Gasteiger partial charge < -0.3 is 14.2 Å². The molecule has 0 saturated heterocycles. The van der Waals surface area contributed by atoms with Crippen molar-refractivity contribution in [1.29, 1.82) is 0 Å². The van der Waals surface area contributed by atoms with Gasteiger partial charge in [0.2, 0.25) is 5.78 Å². The third kappa shape index (κ3) is 5.35. The molecule has 0 fully saturated rings. The molecule has 0 heterocycles. The average Bonchev–Trinajstić information content (AvgIpc) is 2.40. The normalized spacial score (nSPS) is 14.0. The predicted molar refractivity (Wildman–Crippen MR) is 91.2 cm³/mol. The average molecular weight is 428 g/mol. The molecule has 5 nitrogen and oxygen atoms in total. The number of rotatable bonds is 7. The fourth-order valence-corrected chi connectivity index (χ4v) is 3.21. The second kappa shape index (κ2) is 7.83. The Labute approximate surface area is 153 Å². The Balaban J connectivity index is 3.21. The number of ketones is 1. The van der Waals surface area contributed by atoms with Crippen molar-refractivity contribution >= 4 is 50.9 Å². The molecule has 0 saturated carbocycles. The molecule has 0 aliphatic rings. The summed E-state index contributed by atoms with van der Waals surface area (Å²) in [6.45, 7) is 4.56. The lowest BCUT2D eigenvalue weighted by molar-refractivity contribution is -0.181. The first-order chi connectivity index (χ1) is 10.5. The van der Waals surface area contributed by atoms with Crippen molar-refractivity contribution in [3.8, 4) is 5.75 Å². The molecule has 0 aromatic heterocycles. The maximum Gasteiger partial charge on any atom is 0.373 e. The number of hydrogen-bond acceptors (Lipinski definition) is 5. The zero-order valence-corrected chi connectivity index (χ0v) is 16.2. The lowest BCUT2D eigenvalue weighted by Gasteiger charge is -2.33. The Hall–Kier alpha value is -0.820. The number of carbonyl (C=O) groups excluding carboxylic acids is 2. The summed E-state index contributed by atoms with van der Waals surface area (Å²) in [5, 5.41) is 0.576. The first-order valence-corrected chi connectivity index (χ1v) is 8.13. The van der Waals surface area contributed by atoms with Gasteiger partial charge in [-0.1, -0.05) is 37.0 Å². The third-order valence-electron chi connectivity index (χ3n) is 2.80. The van der Waals surface area contributed by atoms with Crippen molar-refractivity contribution in [2.75, 3.05) is 13.7 Å². The monoisotopic (exact) mass is 426 g/mol. The van der Waals surface area contributed by atoms with Crippen LogP contribution in [0.1, 0.15) is 20.8 Å². The van der Waals surface area contributed by atoms with Crippen LogP contribution < -0.4 is 4.74 Å². The molecule has 0 amide bonds. The van der Waals surface area contributed by atoms with Gasteiger partial charge in [0.15, 0.2) is 0 Å². The zero-order chi connectivity index (χ0) is 17.8. The fourth-order valence-electron chi connectivity index (χ4n) is 1.83. The van der Waals surface area contributed by atoms with E-state index in [-0.39, 0.29) is 17.4 Å². The lowest BCUT2D eigenvalue weighted by atomic mass is 9.88. The van der Waals surface area contributed by atoms with Crippen LogP contribution in [-0.4, -0.2) is 30.2 Å². The van der Waals surface area contributed by atoms with Crippen LogP contribution in [0, 0.1) is 5.41 Å². The van der Waals surface area contributed by atoms with Gasteiger partial charge in [0.1, 0.15) is 5.75 Å². The standard InChI is InChI=1S/C15H17BrCl2O5/c1-9(19)22-15(16,13(20)14(2,3)8-21-4)23-12-6-5-10(17)7-11(12)18/h5-7H,8H2,1-4H3. The van der Waals surface area contributed by atoms with Crippen molar-refractivity contribution < 1.29 is 23.8 Å². The number of carbonyl (C=O) groups is 2. The Bertz CT molecular complexity index is 606. The summed E-state index contributed by atoms with van der Waals surface area (Å²) in [6, 6.07) is 4.46. The summed E-state index contributed by atoms with van der Waals surface area (Å²) in [7, 11) is 1.47. The van der Waals surface area contributed by atoms with E-state index >= 15 is 0 Å². The van der Waals surface area contributed by atoms with Gasteiger partial charge in [0, 0.05) is 35.0 Å². The molecule has 0 spiro atoms. The summed E-state index contributed by atoms with van der Waals surface area (Å²) in [4.78, 5) is 24.2. The Morgan fingerprint density at radius 2 is 1.87 bits per heavy atom. The van der Waals surface area contributed by atoms with Crippen molar-refractivity contribution in [1.82, 2.24) is 0 Å². The summed E-state index contributed by atoms with van der Waals surface area (Å²) in [6.07, 6.45) is 0. The van der Waals surface area contributed by atoms with Crippen molar-refractivity contribution in [2.24, 2.45) is 5.41 Å². The van der Waals surface area contributed by atoms with Crippen LogP contribution in [-0.2, 0) is 19.1 Å². The number of esters is 1. The molecule has 1 aromatic rings. The molecule has 128 valence electrons. The highest BCUT2D eigenvalue weighted by Gasteiger charge is 2.50. The molecule has 8 heteroatoms. The fraction of sp³-hybridized carbons (Fsp3) is 0.467. The van der Waals surface area contributed by atoms with Crippen molar-refractivity contribution in [3.05, 3.63) is 28.2 Å². The second-order valence-electron chi connectivity index (χ2n) is 5.45. The Morgan fingerprint density at radius 3 is 2.35 bits per heavy atom. The maximum atomic E-state index is 12.8. The smallest absolute Gasteiger partial charge is 0.373 e. The van der Waals surface area contributed by atoms with E-state index in [1.54, 1.807) is 13.8 Å². The highest BCUT2D eigenvalue weighted by molar-refractivity contribution is 9.10. The number of Topliss-reactive ketones (excluding diaryl/α,β-unsaturated/α-hetero) is 1. The van der Waals surface area contributed by atoms with Gasteiger partial charge in [-0.15, -0.1) is 0 Å². The summed E-state index contributed by atoms with van der Waals surface area (Å²) < 4.78 is 13.7. The van der Waals surface area contributed by atoms with Gasteiger partial charge >= 0.3 is 10.7 Å². The summed E-state index contributed by atoms with van der Waals surface area (Å²) in [5.41, 5.74) is -0.980. The third-order valence-corrected chi connectivity index (χ3v) is 4.02. The van der Waals surface area contributed by atoms with Gasteiger partial charge in [0.25, 0.3) is 0 Å². The molecule has 0 bridgehead atoms. The number of benzene rings is 1. The van der Waals surface area contributed by atoms with E-state index in [4.69, 9.17) is 37.4 Å². The summed E-state index contributed by atoms with van der Waals surface area (Å²) >= 11 is 15.0. The van der Waals surface area contributed by atoms with Crippen LogP contribution in [0.5, 0.6) is 5.75 Å². The molecule has 23 heavy (non-hydrogen) atoms. The largest absolute Gasteiger partial charge is 0.436 e. The first-order valence-electron chi connectivity index (χ1n) is 6.58. The lowest BCUT2D eigenvalue weighted by Crippen LogP contribution is -2.50.